The molecule has 0 radical (unpaired) electrons. The molecular formula is C8H14O4. The lowest BCUT2D eigenvalue weighted by atomic mass is 10.3. The lowest BCUT2D eigenvalue weighted by Crippen LogP contribution is -2.25. The Hall–Kier alpha value is -0.160. The van der Waals surface area contributed by atoms with Crippen LogP contribution in [0.25, 0.3) is 0 Å². The lowest BCUT2D eigenvalue weighted by molar-refractivity contribution is -0.239. The Kier molecular flexibility index (Phi) is 1.88. The van der Waals surface area contributed by atoms with Crippen LogP contribution in [0.2, 0.25) is 0 Å². The fraction of sp³-hybridized carbons (Fsp3) is 1.00. The van der Waals surface area contributed by atoms with Gasteiger partial charge in [-0.15, -0.1) is 0 Å². The Balaban J connectivity index is 1.97. The molecule has 0 aliphatic carbocycles. The molecule has 0 bridgehead atoms. The highest BCUT2D eigenvalue weighted by Crippen LogP contribution is 2.36. The van der Waals surface area contributed by atoms with Crippen molar-refractivity contribution in [3.8, 4) is 0 Å². The first-order chi connectivity index (χ1) is 5.61. The summed E-state index contributed by atoms with van der Waals surface area (Å²) < 4.78 is 21.5. The first-order valence-corrected chi connectivity index (χ1v) is 4.14. The summed E-state index contributed by atoms with van der Waals surface area (Å²) in [4.78, 5) is 0. The smallest absolute Gasteiger partial charge is 0.190 e. The van der Waals surface area contributed by atoms with Crippen molar-refractivity contribution in [2.75, 3.05) is 7.11 Å². The van der Waals surface area contributed by atoms with Crippen molar-refractivity contribution in [1.82, 2.24) is 0 Å². The van der Waals surface area contributed by atoms with E-state index in [1.54, 1.807) is 7.11 Å². The molecule has 0 amide bonds. The number of hydrogen-bond donors (Lipinski definition) is 0. The molecule has 2 aliphatic heterocycles. The van der Waals surface area contributed by atoms with Crippen LogP contribution in [-0.2, 0) is 18.9 Å². The van der Waals surface area contributed by atoms with Crippen LogP contribution in [0.4, 0.5) is 0 Å². The maximum absolute atomic E-state index is 5.58. The van der Waals surface area contributed by atoms with Gasteiger partial charge in [0.05, 0.1) is 0 Å². The van der Waals surface area contributed by atoms with Gasteiger partial charge in [0.2, 0.25) is 0 Å². The minimum absolute atomic E-state index is 0.0324. The predicted octanol–water partition coefficient (Wildman–Crippen LogP) is 0.857. The quantitative estimate of drug-likeness (QED) is 0.590. The SMILES string of the molecule is CO[C@@H]1CC2OC(C)(C)O[C@@H]2O1. The average molecular weight is 174 g/mol. The van der Waals surface area contributed by atoms with Gasteiger partial charge in [0.25, 0.3) is 0 Å². The van der Waals surface area contributed by atoms with Crippen molar-refractivity contribution < 1.29 is 18.9 Å². The molecule has 2 saturated heterocycles. The van der Waals surface area contributed by atoms with Gasteiger partial charge < -0.3 is 18.9 Å². The fourth-order valence-electron chi connectivity index (χ4n) is 1.62. The van der Waals surface area contributed by atoms with Gasteiger partial charge in [-0.1, -0.05) is 0 Å². The Morgan fingerprint density at radius 3 is 2.67 bits per heavy atom. The number of rotatable bonds is 1. The van der Waals surface area contributed by atoms with E-state index in [9.17, 15) is 0 Å². The van der Waals surface area contributed by atoms with Crippen molar-refractivity contribution in [2.45, 2.75) is 44.7 Å². The van der Waals surface area contributed by atoms with Crippen LogP contribution >= 0.6 is 0 Å². The van der Waals surface area contributed by atoms with Crippen LogP contribution in [0.15, 0.2) is 0 Å². The van der Waals surface area contributed by atoms with Gasteiger partial charge in [0, 0.05) is 13.5 Å². The highest BCUT2D eigenvalue weighted by molar-refractivity contribution is 4.81. The summed E-state index contributed by atoms with van der Waals surface area (Å²) >= 11 is 0. The highest BCUT2D eigenvalue weighted by atomic mass is 16.9. The summed E-state index contributed by atoms with van der Waals surface area (Å²) in [5.41, 5.74) is 0. The number of fused-ring (bicyclic) bond motifs is 1. The van der Waals surface area contributed by atoms with Gasteiger partial charge in [0.15, 0.2) is 18.4 Å². The number of methoxy groups -OCH3 is 1. The number of ether oxygens (including phenoxy) is 4. The average Bonchev–Trinajstić information content (AvgIpc) is 2.40. The summed E-state index contributed by atoms with van der Waals surface area (Å²) in [7, 11) is 1.62. The molecule has 0 aromatic rings. The summed E-state index contributed by atoms with van der Waals surface area (Å²) in [5.74, 6) is -0.506. The monoisotopic (exact) mass is 174 g/mol. The van der Waals surface area contributed by atoms with Crippen LogP contribution in [0.3, 0.4) is 0 Å². The first kappa shape index (κ1) is 8.44. The van der Waals surface area contributed by atoms with Gasteiger partial charge >= 0.3 is 0 Å². The van der Waals surface area contributed by atoms with E-state index in [1.807, 2.05) is 13.8 Å². The highest BCUT2D eigenvalue weighted by Gasteiger charge is 2.48. The van der Waals surface area contributed by atoms with Crippen molar-refractivity contribution in [3.05, 3.63) is 0 Å². The largest absolute Gasteiger partial charge is 0.356 e. The Bertz CT molecular complexity index is 164. The van der Waals surface area contributed by atoms with Crippen molar-refractivity contribution in [3.63, 3.8) is 0 Å². The van der Waals surface area contributed by atoms with Crippen LogP contribution in [-0.4, -0.2) is 31.6 Å². The predicted molar refractivity (Wildman–Crippen MR) is 40.3 cm³/mol. The molecule has 0 N–H and O–H groups in total. The molecule has 70 valence electrons. The summed E-state index contributed by atoms with van der Waals surface area (Å²) in [6.45, 7) is 3.77. The molecule has 0 aromatic carbocycles. The van der Waals surface area contributed by atoms with E-state index in [1.165, 1.54) is 0 Å². The summed E-state index contributed by atoms with van der Waals surface area (Å²) in [6, 6.07) is 0. The van der Waals surface area contributed by atoms with Gasteiger partial charge in [0.1, 0.15) is 6.10 Å². The fourth-order valence-corrected chi connectivity index (χ4v) is 1.62. The molecule has 4 nitrogen and oxygen atoms in total. The van der Waals surface area contributed by atoms with Crippen LogP contribution in [0.5, 0.6) is 0 Å². The van der Waals surface area contributed by atoms with E-state index in [0.717, 1.165) is 6.42 Å². The zero-order chi connectivity index (χ0) is 8.77. The minimum atomic E-state index is -0.506. The summed E-state index contributed by atoms with van der Waals surface area (Å²) in [5, 5.41) is 0. The van der Waals surface area contributed by atoms with E-state index in [0.29, 0.717) is 0 Å². The van der Waals surface area contributed by atoms with Crippen LogP contribution in [0, 0.1) is 0 Å². The molecule has 3 atom stereocenters. The van der Waals surface area contributed by atoms with E-state index in [2.05, 4.69) is 0 Å². The molecular weight excluding hydrogens is 160 g/mol. The van der Waals surface area contributed by atoms with Gasteiger partial charge in [-0.05, 0) is 13.8 Å². The Morgan fingerprint density at radius 1 is 1.33 bits per heavy atom. The third-order valence-corrected chi connectivity index (χ3v) is 2.11. The third-order valence-electron chi connectivity index (χ3n) is 2.11. The second-order valence-electron chi connectivity index (χ2n) is 3.58. The molecule has 12 heavy (non-hydrogen) atoms. The Labute approximate surface area is 71.7 Å². The van der Waals surface area contributed by atoms with E-state index in [-0.39, 0.29) is 18.7 Å². The molecule has 4 heteroatoms. The van der Waals surface area contributed by atoms with Crippen molar-refractivity contribution in [2.24, 2.45) is 0 Å². The van der Waals surface area contributed by atoms with Gasteiger partial charge in [-0.3, -0.25) is 0 Å². The van der Waals surface area contributed by atoms with E-state index in [4.69, 9.17) is 18.9 Å². The van der Waals surface area contributed by atoms with Crippen LogP contribution < -0.4 is 0 Å². The molecule has 2 aliphatic rings. The lowest BCUT2D eigenvalue weighted by Gasteiger charge is -2.19. The maximum Gasteiger partial charge on any atom is 0.190 e. The van der Waals surface area contributed by atoms with Gasteiger partial charge in [-0.25, -0.2) is 0 Å². The normalized spacial score (nSPS) is 44.8. The topological polar surface area (TPSA) is 36.9 Å². The molecule has 0 aromatic heterocycles. The van der Waals surface area contributed by atoms with E-state index >= 15 is 0 Å². The van der Waals surface area contributed by atoms with Crippen molar-refractivity contribution >= 4 is 0 Å². The molecule has 1 unspecified atom stereocenters. The maximum atomic E-state index is 5.58. The second kappa shape index (κ2) is 2.67. The van der Waals surface area contributed by atoms with Crippen LogP contribution in [0.1, 0.15) is 20.3 Å². The molecule has 2 heterocycles. The standard InChI is InChI=1S/C8H14O4/c1-8(2)11-5-4-6(9-3)10-7(5)12-8/h5-7H,4H2,1-3H3/t5?,6-,7-/m0/s1. The Morgan fingerprint density at radius 2 is 2.08 bits per heavy atom. The zero-order valence-electron chi connectivity index (χ0n) is 7.57. The third kappa shape index (κ3) is 1.35. The zero-order valence-corrected chi connectivity index (χ0v) is 7.57. The van der Waals surface area contributed by atoms with Gasteiger partial charge in [-0.2, -0.15) is 0 Å². The molecule has 0 spiro atoms. The summed E-state index contributed by atoms with van der Waals surface area (Å²) in [6.07, 6.45) is 0.371. The second-order valence-corrected chi connectivity index (χ2v) is 3.58. The molecule has 0 saturated carbocycles. The molecule has 2 fully saturated rings. The first-order valence-electron chi connectivity index (χ1n) is 4.14. The van der Waals surface area contributed by atoms with Crippen molar-refractivity contribution in [1.29, 1.82) is 0 Å². The van der Waals surface area contributed by atoms with E-state index < -0.39 is 5.79 Å². The minimum Gasteiger partial charge on any atom is -0.356 e. The number of hydrogen-bond acceptors (Lipinski definition) is 4. The molecule has 2 rings (SSSR count).